The van der Waals surface area contributed by atoms with Crippen LogP contribution in [-0.2, 0) is 0 Å². The molecule has 0 amide bonds. The highest BCUT2D eigenvalue weighted by molar-refractivity contribution is 5.98. The smallest absolute Gasteiger partial charge is 0.283 e. The highest BCUT2D eigenvalue weighted by atomic mass is 16.6. The molecule has 0 bridgehead atoms. The van der Waals surface area contributed by atoms with Crippen LogP contribution in [0.15, 0.2) is 42.5 Å². The maximum absolute atomic E-state index is 11.3. The van der Waals surface area contributed by atoms with E-state index in [9.17, 15) is 14.9 Å². The molecular formula is C15H13NO4. The van der Waals surface area contributed by atoms with Gasteiger partial charge in [-0.15, -0.1) is 0 Å². The highest BCUT2D eigenvalue weighted by Gasteiger charge is 2.18. The zero-order chi connectivity index (χ0) is 14.7. The van der Waals surface area contributed by atoms with E-state index in [0.717, 1.165) is 5.56 Å². The molecular weight excluding hydrogens is 258 g/mol. The molecule has 0 aliphatic carbocycles. The van der Waals surface area contributed by atoms with Crippen LogP contribution in [0.2, 0.25) is 0 Å². The molecule has 5 heteroatoms. The van der Waals surface area contributed by atoms with Gasteiger partial charge >= 0.3 is 0 Å². The summed E-state index contributed by atoms with van der Waals surface area (Å²) in [4.78, 5) is 21.7. The summed E-state index contributed by atoms with van der Waals surface area (Å²) in [6.07, 6.45) is 0. The Labute approximate surface area is 116 Å². The normalized spacial score (nSPS) is 10.1. The van der Waals surface area contributed by atoms with Crippen molar-refractivity contribution in [1.29, 1.82) is 0 Å². The van der Waals surface area contributed by atoms with Gasteiger partial charge in [0.25, 0.3) is 5.69 Å². The molecule has 0 aromatic heterocycles. The van der Waals surface area contributed by atoms with Crippen LogP contribution in [-0.4, -0.2) is 10.7 Å². The molecule has 0 fully saturated rings. The standard InChI is InChI=1S/C15H13NO4/c1-10-3-5-12(6-4-10)20-13-7-8-14(11(2)17)15(9-13)16(18)19/h3-9H,1-2H3. The van der Waals surface area contributed by atoms with Gasteiger partial charge in [-0.05, 0) is 38.1 Å². The van der Waals surface area contributed by atoms with Gasteiger partial charge in [0.15, 0.2) is 5.78 Å². The summed E-state index contributed by atoms with van der Waals surface area (Å²) in [6.45, 7) is 3.25. The number of nitro groups is 1. The van der Waals surface area contributed by atoms with Gasteiger partial charge in [-0.25, -0.2) is 0 Å². The van der Waals surface area contributed by atoms with Crippen LogP contribution in [0.3, 0.4) is 0 Å². The number of benzene rings is 2. The fourth-order valence-electron chi connectivity index (χ4n) is 1.77. The SMILES string of the molecule is CC(=O)c1ccc(Oc2ccc(C)cc2)cc1[N+](=O)[O-]. The highest BCUT2D eigenvalue weighted by Crippen LogP contribution is 2.28. The van der Waals surface area contributed by atoms with Crippen molar-refractivity contribution in [2.75, 3.05) is 0 Å². The molecule has 0 N–H and O–H groups in total. The van der Waals surface area contributed by atoms with Crippen molar-refractivity contribution in [3.05, 3.63) is 63.7 Å². The zero-order valence-corrected chi connectivity index (χ0v) is 11.1. The van der Waals surface area contributed by atoms with Crippen LogP contribution in [0.1, 0.15) is 22.8 Å². The molecule has 5 nitrogen and oxygen atoms in total. The Morgan fingerprint density at radius 3 is 2.25 bits per heavy atom. The van der Waals surface area contributed by atoms with E-state index >= 15 is 0 Å². The van der Waals surface area contributed by atoms with Crippen LogP contribution in [0.25, 0.3) is 0 Å². The van der Waals surface area contributed by atoms with Crippen molar-refractivity contribution in [1.82, 2.24) is 0 Å². The van der Waals surface area contributed by atoms with E-state index in [1.54, 1.807) is 18.2 Å². The van der Waals surface area contributed by atoms with Gasteiger partial charge in [0.1, 0.15) is 11.5 Å². The third-order valence-corrected chi connectivity index (χ3v) is 2.80. The molecule has 0 aliphatic rings. The van der Waals surface area contributed by atoms with Gasteiger partial charge in [-0.3, -0.25) is 14.9 Å². The van der Waals surface area contributed by atoms with Crippen LogP contribution in [0.4, 0.5) is 5.69 Å². The number of carbonyl (C=O) groups is 1. The molecule has 2 aromatic rings. The molecule has 0 spiro atoms. The summed E-state index contributed by atoms with van der Waals surface area (Å²) in [5.41, 5.74) is 0.920. The van der Waals surface area contributed by atoms with E-state index in [2.05, 4.69) is 0 Å². The summed E-state index contributed by atoms with van der Waals surface area (Å²) in [7, 11) is 0. The predicted molar refractivity (Wildman–Crippen MR) is 74.4 cm³/mol. The number of hydrogen-bond donors (Lipinski definition) is 0. The molecule has 0 radical (unpaired) electrons. The van der Waals surface area contributed by atoms with Crippen molar-refractivity contribution >= 4 is 11.5 Å². The van der Waals surface area contributed by atoms with Gasteiger partial charge < -0.3 is 4.74 Å². The zero-order valence-electron chi connectivity index (χ0n) is 11.1. The van der Waals surface area contributed by atoms with Crippen molar-refractivity contribution in [2.24, 2.45) is 0 Å². The Kier molecular flexibility index (Phi) is 3.79. The molecule has 102 valence electrons. The monoisotopic (exact) mass is 271 g/mol. The molecule has 0 heterocycles. The lowest BCUT2D eigenvalue weighted by atomic mass is 10.1. The molecule has 2 rings (SSSR count). The number of ether oxygens (including phenoxy) is 1. The average molecular weight is 271 g/mol. The predicted octanol–water partition coefficient (Wildman–Crippen LogP) is 3.90. The largest absolute Gasteiger partial charge is 0.457 e. The van der Waals surface area contributed by atoms with E-state index in [0.29, 0.717) is 11.5 Å². The first-order valence-electron chi connectivity index (χ1n) is 6.01. The number of aryl methyl sites for hydroxylation is 1. The summed E-state index contributed by atoms with van der Waals surface area (Å²) >= 11 is 0. The number of Topliss-reactive ketones (excluding diaryl/α,β-unsaturated/α-hetero) is 1. The van der Waals surface area contributed by atoms with Crippen molar-refractivity contribution in [2.45, 2.75) is 13.8 Å². The second kappa shape index (κ2) is 5.52. The van der Waals surface area contributed by atoms with Gasteiger partial charge in [0, 0.05) is 0 Å². The Hall–Kier alpha value is -2.69. The van der Waals surface area contributed by atoms with Crippen LogP contribution in [0.5, 0.6) is 11.5 Å². The van der Waals surface area contributed by atoms with Crippen molar-refractivity contribution in [3.8, 4) is 11.5 Å². The minimum absolute atomic E-state index is 0.0752. The van der Waals surface area contributed by atoms with E-state index < -0.39 is 4.92 Å². The maximum atomic E-state index is 11.3. The average Bonchev–Trinajstić information content (AvgIpc) is 2.41. The quantitative estimate of drug-likeness (QED) is 0.480. The topological polar surface area (TPSA) is 69.4 Å². The fourth-order valence-corrected chi connectivity index (χ4v) is 1.77. The minimum Gasteiger partial charge on any atom is -0.457 e. The van der Waals surface area contributed by atoms with Crippen molar-refractivity contribution < 1.29 is 14.5 Å². The molecule has 0 unspecified atom stereocenters. The lowest BCUT2D eigenvalue weighted by Crippen LogP contribution is -2.00. The summed E-state index contributed by atoms with van der Waals surface area (Å²) in [6, 6.07) is 11.5. The lowest BCUT2D eigenvalue weighted by Gasteiger charge is -2.07. The van der Waals surface area contributed by atoms with E-state index in [-0.39, 0.29) is 17.0 Å². The Balaban J connectivity index is 2.34. The number of nitrogens with zero attached hydrogens (tertiary/aromatic N) is 1. The van der Waals surface area contributed by atoms with Gasteiger partial charge in [-0.2, -0.15) is 0 Å². The van der Waals surface area contributed by atoms with Crippen LogP contribution in [0, 0.1) is 17.0 Å². The van der Waals surface area contributed by atoms with Gasteiger partial charge in [0.05, 0.1) is 16.6 Å². The third-order valence-electron chi connectivity index (χ3n) is 2.80. The van der Waals surface area contributed by atoms with Gasteiger partial charge in [-0.1, -0.05) is 17.7 Å². The number of nitro benzene ring substituents is 1. The first kappa shape index (κ1) is 13.7. The summed E-state index contributed by atoms with van der Waals surface area (Å²) in [5.74, 6) is 0.560. The summed E-state index contributed by atoms with van der Waals surface area (Å²) < 4.78 is 5.54. The van der Waals surface area contributed by atoms with E-state index in [4.69, 9.17) is 4.74 Å². The molecule has 0 aliphatic heterocycles. The van der Waals surface area contributed by atoms with E-state index in [1.807, 2.05) is 19.1 Å². The van der Waals surface area contributed by atoms with Gasteiger partial charge in [0.2, 0.25) is 0 Å². The number of ketones is 1. The van der Waals surface area contributed by atoms with Crippen LogP contribution < -0.4 is 4.74 Å². The first-order valence-corrected chi connectivity index (χ1v) is 6.01. The molecule has 2 aromatic carbocycles. The Morgan fingerprint density at radius 2 is 1.70 bits per heavy atom. The lowest BCUT2D eigenvalue weighted by molar-refractivity contribution is -0.385. The first-order chi connectivity index (χ1) is 9.47. The summed E-state index contributed by atoms with van der Waals surface area (Å²) in [5, 5.41) is 11.0. The molecule has 0 saturated carbocycles. The second-order valence-corrected chi connectivity index (χ2v) is 4.41. The van der Waals surface area contributed by atoms with E-state index in [1.165, 1.54) is 19.1 Å². The maximum Gasteiger partial charge on any atom is 0.283 e. The molecule has 0 atom stereocenters. The molecule has 0 saturated heterocycles. The number of carbonyl (C=O) groups excluding carboxylic acids is 1. The fraction of sp³-hybridized carbons (Fsp3) is 0.133. The number of hydrogen-bond acceptors (Lipinski definition) is 4. The third kappa shape index (κ3) is 3.00. The Bertz CT molecular complexity index is 662. The van der Waals surface area contributed by atoms with Crippen molar-refractivity contribution in [3.63, 3.8) is 0 Å². The molecule has 20 heavy (non-hydrogen) atoms. The number of rotatable bonds is 4. The van der Waals surface area contributed by atoms with Crippen LogP contribution >= 0.6 is 0 Å². The minimum atomic E-state index is -0.585. The second-order valence-electron chi connectivity index (χ2n) is 4.41. The Morgan fingerprint density at radius 1 is 1.10 bits per heavy atom.